The minimum Gasteiger partial charge on any atom is -0.396 e. The van der Waals surface area contributed by atoms with Crippen LogP contribution in [0.15, 0.2) is 0 Å². The van der Waals surface area contributed by atoms with Gasteiger partial charge in [-0.1, -0.05) is 0 Å². The maximum absolute atomic E-state index is 11.6. The molecule has 0 spiro atoms. The van der Waals surface area contributed by atoms with Crippen LogP contribution in [0.5, 0.6) is 0 Å². The average Bonchev–Trinajstić information content (AvgIpc) is 2.07. The van der Waals surface area contributed by atoms with Gasteiger partial charge in [-0.3, -0.25) is 4.21 Å². The first-order valence-electron chi connectivity index (χ1n) is 4.78. The molecule has 1 unspecified atom stereocenters. The number of nitrogens with zero attached hydrogens (tertiary/aromatic N) is 1. The highest BCUT2D eigenvalue weighted by Gasteiger charge is 2.32. The lowest BCUT2D eigenvalue weighted by Gasteiger charge is -2.37. The molecule has 0 radical (unpaired) electrons. The quantitative estimate of drug-likeness (QED) is 0.716. The zero-order valence-corrected chi connectivity index (χ0v) is 9.27. The first kappa shape index (κ1) is 11.1. The third kappa shape index (κ3) is 3.04. The summed E-state index contributed by atoms with van der Waals surface area (Å²) in [6.45, 7) is 7.08. The number of rotatable bonds is 3. The number of aliphatic hydroxyl groups is 1. The Bertz CT molecular complexity index is 194. The molecule has 0 amide bonds. The Kier molecular flexibility index (Phi) is 3.88. The van der Waals surface area contributed by atoms with E-state index in [1.54, 1.807) is 0 Å². The number of hydrogen-bond acceptors (Lipinski definition) is 3. The van der Waals surface area contributed by atoms with E-state index in [-0.39, 0.29) is 11.4 Å². The van der Waals surface area contributed by atoms with Crippen LogP contribution in [0.3, 0.4) is 0 Å². The molecule has 1 rings (SSSR count). The van der Waals surface area contributed by atoms with Gasteiger partial charge < -0.3 is 10.0 Å². The van der Waals surface area contributed by atoms with Gasteiger partial charge in [0.25, 0.3) is 0 Å². The van der Waals surface area contributed by atoms with Crippen molar-refractivity contribution in [3.8, 4) is 0 Å². The Labute approximate surface area is 82.6 Å². The number of hydrogen-bond donors (Lipinski definition) is 1. The molecule has 1 fully saturated rings. The standard InChI is InChI=1S/C9H19NO2S/c1-9(2)8-10(4-3-6-11)5-7-13(9)12/h11H,3-8H2,1-2H3. The molecule has 1 heterocycles. The van der Waals surface area contributed by atoms with Crippen molar-refractivity contribution in [3.05, 3.63) is 0 Å². The Balaban J connectivity index is 2.41. The van der Waals surface area contributed by atoms with Crippen molar-refractivity contribution in [2.45, 2.75) is 25.0 Å². The molecule has 0 aromatic carbocycles. The molecule has 1 saturated heterocycles. The smallest absolute Gasteiger partial charge is 0.0530 e. The monoisotopic (exact) mass is 205 g/mol. The van der Waals surface area contributed by atoms with E-state index in [2.05, 4.69) is 4.90 Å². The Morgan fingerprint density at radius 1 is 1.54 bits per heavy atom. The fourth-order valence-electron chi connectivity index (χ4n) is 1.66. The third-order valence-corrected chi connectivity index (χ3v) is 4.36. The Hall–Kier alpha value is 0.0700. The van der Waals surface area contributed by atoms with Gasteiger partial charge in [-0.2, -0.15) is 0 Å². The molecule has 78 valence electrons. The van der Waals surface area contributed by atoms with Gasteiger partial charge in [-0.25, -0.2) is 0 Å². The van der Waals surface area contributed by atoms with Crippen molar-refractivity contribution in [2.24, 2.45) is 0 Å². The van der Waals surface area contributed by atoms with Crippen molar-refractivity contribution < 1.29 is 9.32 Å². The summed E-state index contributed by atoms with van der Waals surface area (Å²) in [4.78, 5) is 2.29. The van der Waals surface area contributed by atoms with E-state index in [1.165, 1.54) is 0 Å². The van der Waals surface area contributed by atoms with E-state index in [1.807, 2.05) is 13.8 Å². The lowest BCUT2D eigenvalue weighted by Crippen LogP contribution is -2.50. The van der Waals surface area contributed by atoms with Crippen molar-refractivity contribution in [2.75, 3.05) is 32.0 Å². The first-order valence-corrected chi connectivity index (χ1v) is 6.10. The molecule has 1 N–H and O–H groups in total. The highest BCUT2D eigenvalue weighted by molar-refractivity contribution is 7.86. The summed E-state index contributed by atoms with van der Waals surface area (Å²) in [5.41, 5.74) is 0. The molecule has 0 aromatic rings. The van der Waals surface area contributed by atoms with Crippen molar-refractivity contribution in [1.29, 1.82) is 0 Å². The number of aliphatic hydroxyl groups excluding tert-OH is 1. The van der Waals surface area contributed by atoms with Crippen LogP contribution >= 0.6 is 0 Å². The van der Waals surface area contributed by atoms with Crippen LogP contribution in [0, 0.1) is 0 Å². The van der Waals surface area contributed by atoms with Crippen LogP contribution in [-0.2, 0) is 10.8 Å². The molecule has 0 bridgehead atoms. The second-order valence-corrected chi connectivity index (χ2v) is 6.37. The van der Waals surface area contributed by atoms with E-state index in [0.29, 0.717) is 0 Å². The predicted octanol–water partition coefficient (Wildman–Crippen LogP) is 0.212. The fraction of sp³-hybridized carbons (Fsp3) is 1.00. The predicted molar refractivity (Wildman–Crippen MR) is 55.2 cm³/mol. The molecule has 0 saturated carbocycles. The van der Waals surface area contributed by atoms with Gasteiger partial charge in [-0.05, 0) is 20.3 Å². The summed E-state index contributed by atoms with van der Waals surface area (Å²) < 4.78 is 11.5. The molecule has 4 heteroatoms. The van der Waals surface area contributed by atoms with Crippen molar-refractivity contribution in [1.82, 2.24) is 4.90 Å². The summed E-state index contributed by atoms with van der Waals surface area (Å²) in [5.74, 6) is 0.776. The lowest BCUT2D eigenvalue weighted by atomic mass is 10.2. The molecule has 13 heavy (non-hydrogen) atoms. The Morgan fingerprint density at radius 3 is 2.77 bits per heavy atom. The van der Waals surface area contributed by atoms with Crippen LogP contribution in [0.25, 0.3) is 0 Å². The average molecular weight is 205 g/mol. The highest BCUT2D eigenvalue weighted by Crippen LogP contribution is 2.19. The van der Waals surface area contributed by atoms with Crippen LogP contribution in [0.1, 0.15) is 20.3 Å². The maximum Gasteiger partial charge on any atom is 0.0530 e. The van der Waals surface area contributed by atoms with Crippen LogP contribution in [-0.4, -0.2) is 51.0 Å². The van der Waals surface area contributed by atoms with Crippen molar-refractivity contribution in [3.63, 3.8) is 0 Å². The van der Waals surface area contributed by atoms with E-state index < -0.39 is 10.8 Å². The zero-order chi connectivity index (χ0) is 9.90. The third-order valence-electron chi connectivity index (χ3n) is 2.45. The van der Waals surface area contributed by atoms with E-state index in [9.17, 15) is 4.21 Å². The molecular formula is C9H19NO2S. The summed E-state index contributed by atoms with van der Waals surface area (Å²) in [6, 6.07) is 0. The fourth-order valence-corrected chi connectivity index (χ4v) is 2.97. The molecule has 1 aliphatic heterocycles. The molecule has 0 aliphatic carbocycles. The SMILES string of the molecule is CC1(C)CN(CCCO)CCS1=O. The van der Waals surface area contributed by atoms with Gasteiger partial charge >= 0.3 is 0 Å². The summed E-state index contributed by atoms with van der Waals surface area (Å²) in [7, 11) is -0.681. The van der Waals surface area contributed by atoms with Gasteiger partial charge in [0.1, 0.15) is 0 Å². The summed E-state index contributed by atoms with van der Waals surface area (Å²) >= 11 is 0. The van der Waals surface area contributed by atoms with Crippen LogP contribution in [0.2, 0.25) is 0 Å². The van der Waals surface area contributed by atoms with E-state index in [4.69, 9.17) is 5.11 Å². The van der Waals surface area contributed by atoms with Crippen LogP contribution in [0.4, 0.5) is 0 Å². The largest absolute Gasteiger partial charge is 0.396 e. The van der Waals surface area contributed by atoms with E-state index in [0.717, 1.165) is 31.8 Å². The van der Waals surface area contributed by atoms with Gasteiger partial charge in [-0.15, -0.1) is 0 Å². The molecule has 3 nitrogen and oxygen atoms in total. The summed E-state index contributed by atoms with van der Waals surface area (Å²) in [6.07, 6.45) is 0.822. The second kappa shape index (κ2) is 4.53. The molecule has 0 aromatic heterocycles. The molecule has 1 atom stereocenters. The normalized spacial score (nSPS) is 29.0. The lowest BCUT2D eigenvalue weighted by molar-refractivity contribution is 0.215. The zero-order valence-electron chi connectivity index (χ0n) is 8.45. The molecular weight excluding hydrogens is 186 g/mol. The van der Waals surface area contributed by atoms with E-state index >= 15 is 0 Å². The topological polar surface area (TPSA) is 40.5 Å². The summed E-state index contributed by atoms with van der Waals surface area (Å²) in [5, 5.41) is 8.69. The molecule has 1 aliphatic rings. The van der Waals surface area contributed by atoms with Gasteiger partial charge in [0.15, 0.2) is 0 Å². The van der Waals surface area contributed by atoms with Crippen molar-refractivity contribution >= 4 is 10.8 Å². The minimum atomic E-state index is -0.681. The van der Waals surface area contributed by atoms with Gasteiger partial charge in [0.05, 0.1) is 4.75 Å². The highest BCUT2D eigenvalue weighted by atomic mass is 32.2. The maximum atomic E-state index is 11.6. The van der Waals surface area contributed by atoms with Gasteiger partial charge in [0, 0.05) is 42.8 Å². The first-order chi connectivity index (χ1) is 6.06. The van der Waals surface area contributed by atoms with Crippen LogP contribution < -0.4 is 0 Å². The van der Waals surface area contributed by atoms with Gasteiger partial charge in [0.2, 0.25) is 0 Å². The Morgan fingerprint density at radius 2 is 2.23 bits per heavy atom. The second-order valence-electron chi connectivity index (χ2n) is 4.16. The minimum absolute atomic E-state index is 0.0757.